The van der Waals surface area contributed by atoms with Gasteiger partial charge >= 0.3 is 0 Å². The molecule has 0 bridgehead atoms. The van der Waals surface area contributed by atoms with E-state index in [1.54, 1.807) is 11.3 Å². The van der Waals surface area contributed by atoms with Crippen LogP contribution in [0.25, 0.3) is 0 Å². The molecule has 3 rings (SSSR count). The van der Waals surface area contributed by atoms with E-state index < -0.39 is 0 Å². The Hall–Kier alpha value is -0.770. The van der Waals surface area contributed by atoms with Gasteiger partial charge in [-0.05, 0) is 24.1 Å². The highest BCUT2D eigenvalue weighted by molar-refractivity contribution is 14.0. The number of nitrogens with zero attached hydrogens (tertiary/aromatic N) is 4. The molecular weight excluding hydrogens is 492 g/mol. The molecule has 0 spiro atoms. The number of halogens is 3. The lowest BCUT2D eigenvalue weighted by atomic mass is 10.1. The van der Waals surface area contributed by atoms with Crippen molar-refractivity contribution in [3.63, 3.8) is 0 Å². The molecule has 5 nitrogen and oxygen atoms in total. The van der Waals surface area contributed by atoms with Crippen molar-refractivity contribution in [2.24, 2.45) is 10.7 Å². The van der Waals surface area contributed by atoms with Gasteiger partial charge in [0.1, 0.15) is 0 Å². The molecule has 0 atom stereocenters. The average Bonchev–Trinajstić information content (AvgIpc) is 3.12. The van der Waals surface area contributed by atoms with Gasteiger partial charge in [-0.25, -0.2) is 4.98 Å². The zero-order chi connectivity index (χ0) is 16.9. The number of aliphatic imine (C=N–C) groups is 1. The molecule has 136 valence electrons. The van der Waals surface area contributed by atoms with E-state index in [9.17, 15) is 0 Å². The van der Waals surface area contributed by atoms with Crippen LogP contribution in [0.2, 0.25) is 10.0 Å². The second-order valence-corrected chi connectivity index (χ2v) is 7.17. The Morgan fingerprint density at radius 3 is 2.48 bits per heavy atom. The van der Waals surface area contributed by atoms with Crippen molar-refractivity contribution < 1.29 is 0 Å². The number of guanidine groups is 1. The molecular formula is C16H20Cl2IN5S. The van der Waals surface area contributed by atoms with Crippen LogP contribution in [0.3, 0.4) is 0 Å². The van der Waals surface area contributed by atoms with Crippen molar-refractivity contribution in [2.75, 3.05) is 37.6 Å². The molecule has 1 aromatic heterocycles. The Bertz CT molecular complexity index is 682. The zero-order valence-corrected chi connectivity index (χ0v) is 18.2. The van der Waals surface area contributed by atoms with Gasteiger partial charge in [0, 0.05) is 54.3 Å². The normalized spacial score (nSPS) is 15.2. The van der Waals surface area contributed by atoms with Crippen LogP contribution >= 0.6 is 58.5 Å². The summed E-state index contributed by atoms with van der Waals surface area (Å²) in [6.07, 6.45) is 2.51. The summed E-state index contributed by atoms with van der Waals surface area (Å²) < 4.78 is 0. The van der Waals surface area contributed by atoms with E-state index in [1.165, 1.54) is 0 Å². The molecule has 1 fully saturated rings. The molecule has 0 radical (unpaired) electrons. The Morgan fingerprint density at radius 1 is 1.20 bits per heavy atom. The van der Waals surface area contributed by atoms with Gasteiger partial charge in [0.25, 0.3) is 0 Å². The van der Waals surface area contributed by atoms with Crippen LogP contribution < -0.4 is 10.6 Å². The van der Waals surface area contributed by atoms with Crippen molar-refractivity contribution in [1.82, 2.24) is 9.88 Å². The van der Waals surface area contributed by atoms with Gasteiger partial charge in [-0.1, -0.05) is 29.3 Å². The number of hydrogen-bond donors (Lipinski definition) is 1. The summed E-state index contributed by atoms with van der Waals surface area (Å²) in [5.41, 5.74) is 7.05. The molecule has 2 aromatic rings. The number of aromatic nitrogens is 1. The summed E-state index contributed by atoms with van der Waals surface area (Å²) in [5.74, 6) is 0.581. The molecule has 1 aliphatic rings. The highest BCUT2D eigenvalue weighted by atomic mass is 127. The number of nitrogens with two attached hydrogens (primary N) is 1. The maximum Gasteiger partial charge on any atom is 0.191 e. The average molecular weight is 512 g/mol. The first-order chi connectivity index (χ1) is 11.6. The molecule has 1 aromatic carbocycles. The molecule has 0 unspecified atom stereocenters. The van der Waals surface area contributed by atoms with Crippen molar-refractivity contribution >= 4 is 69.6 Å². The van der Waals surface area contributed by atoms with E-state index in [-0.39, 0.29) is 24.0 Å². The van der Waals surface area contributed by atoms with E-state index in [0.717, 1.165) is 36.9 Å². The summed E-state index contributed by atoms with van der Waals surface area (Å²) in [5, 5.41) is 4.41. The van der Waals surface area contributed by atoms with Gasteiger partial charge in [-0.2, -0.15) is 0 Å². The monoisotopic (exact) mass is 511 g/mol. The van der Waals surface area contributed by atoms with Crippen LogP contribution in [-0.4, -0.2) is 48.6 Å². The summed E-state index contributed by atoms with van der Waals surface area (Å²) in [6, 6.07) is 5.52. The SMILES string of the molecule is I.NC(=NCCc1c(Cl)cccc1Cl)N1CCN(c2nccs2)CC1. The third-order valence-electron chi connectivity index (χ3n) is 3.99. The fourth-order valence-electron chi connectivity index (χ4n) is 2.65. The first-order valence-corrected chi connectivity index (χ1v) is 9.41. The fourth-order valence-corrected chi connectivity index (χ4v) is 3.94. The van der Waals surface area contributed by atoms with Gasteiger partial charge in [-0.15, -0.1) is 35.3 Å². The lowest BCUT2D eigenvalue weighted by Gasteiger charge is -2.35. The fraction of sp³-hybridized carbons (Fsp3) is 0.375. The molecule has 1 saturated heterocycles. The van der Waals surface area contributed by atoms with Crippen LogP contribution in [0.15, 0.2) is 34.8 Å². The zero-order valence-electron chi connectivity index (χ0n) is 13.6. The van der Waals surface area contributed by atoms with Gasteiger partial charge < -0.3 is 15.5 Å². The highest BCUT2D eigenvalue weighted by Crippen LogP contribution is 2.24. The predicted molar refractivity (Wildman–Crippen MR) is 118 cm³/mol. The molecule has 2 N–H and O–H groups in total. The van der Waals surface area contributed by atoms with Crippen LogP contribution in [0.4, 0.5) is 5.13 Å². The first-order valence-electron chi connectivity index (χ1n) is 7.77. The molecule has 1 aliphatic heterocycles. The Labute approximate surface area is 178 Å². The van der Waals surface area contributed by atoms with Gasteiger partial charge in [0.2, 0.25) is 0 Å². The minimum atomic E-state index is 0. The molecule has 0 aliphatic carbocycles. The standard InChI is InChI=1S/C16H19Cl2N5S.HI/c17-13-2-1-3-14(18)12(13)4-5-20-15(19)22-7-9-23(10-8-22)16-21-6-11-24-16;/h1-3,6,11H,4-5,7-10H2,(H2,19,20);1H. The molecule has 9 heteroatoms. The molecule has 25 heavy (non-hydrogen) atoms. The Balaban J connectivity index is 0.00000225. The van der Waals surface area contributed by atoms with Crippen LogP contribution in [0, 0.1) is 0 Å². The van der Waals surface area contributed by atoms with Gasteiger partial charge in [0.05, 0.1) is 0 Å². The highest BCUT2D eigenvalue weighted by Gasteiger charge is 2.19. The first kappa shape index (κ1) is 20.5. The topological polar surface area (TPSA) is 57.8 Å². The largest absolute Gasteiger partial charge is 0.370 e. The number of thiazole rings is 1. The second kappa shape index (κ2) is 9.80. The molecule has 0 saturated carbocycles. The molecule has 0 amide bonds. The number of benzene rings is 1. The summed E-state index contributed by atoms with van der Waals surface area (Å²) >= 11 is 14.0. The minimum absolute atomic E-state index is 0. The predicted octanol–water partition coefficient (Wildman–Crippen LogP) is 3.75. The number of rotatable bonds is 4. The maximum atomic E-state index is 6.17. The summed E-state index contributed by atoms with van der Waals surface area (Å²) in [7, 11) is 0. The molecule has 2 heterocycles. The van der Waals surface area contributed by atoms with Crippen LogP contribution in [0.1, 0.15) is 5.56 Å². The quantitative estimate of drug-likeness (QED) is 0.386. The van der Waals surface area contributed by atoms with Crippen molar-refractivity contribution in [3.8, 4) is 0 Å². The summed E-state index contributed by atoms with van der Waals surface area (Å²) in [6.45, 7) is 4.08. The number of piperazine rings is 1. The van der Waals surface area contributed by atoms with Crippen LogP contribution in [-0.2, 0) is 6.42 Å². The van der Waals surface area contributed by atoms with Gasteiger partial charge in [0.15, 0.2) is 11.1 Å². The number of hydrogen-bond acceptors (Lipinski definition) is 4. The third-order valence-corrected chi connectivity index (χ3v) is 5.53. The van der Waals surface area contributed by atoms with Crippen LogP contribution in [0.5, 0.6) is 0 Å². The van der Waals surface area contributed by atoms with E-state index in [4.69, 9.17) is 28.9 Å². The van der Waals surface area contributed by atoms with Crippen molar-refractivity contribution in [3.05, 3.63) is 45.4 Å². The van der Waals surface area contributed by atoms with E-state index in [2.05, 4.69) is 19.8 Å². The van der Waals surface area contributed by atoms with E-state index in [0.29, 0.717) is 29.0 Å². The maximum absolute atomic E-state index is 6.17. The van der Waals surface area contributed by atoms with E-state index >= 15 is 0 Å². The minimum Gasteiger partial charge on any atom is -0.370 e. The number of anilines is 1. The van der Waals surface area contributed by atoms with Crippen molar-refractivity contribution in [1.29, 1.82) is 0 Å². The second-order valence-electron chi connectivity index (χ2n) is 5.48. The van der Waals surface area contributed by atoms with Gasteiger partial charge in [-0.3, -0.25) is 4.99 Å². The third kappa shape index (κ3) is 5.35. The van der Waals surface area contributed by atoms with E-state index in [1.807, 2.05) is 29.8 Å². The Morgan fingerprint density at radius 2 is 1.88 bits per heavy atom. The lowest BCUT2D eigenvalue weighted by Crippen LogP contribution is -2.51. The summed E-state index contributed by atoms with van der Waals surface area (Å²) in [4.78, 5) is 13.2. The van der Waals surface area contributed by atoms with Crippen molar-refractivity contribution in [2.45, 2.75) is 6.42 Å². The Kier molecular flexibility index (Phi) is 8.05. The smallest absolute Gasteiger partial charge is 0.191 e. The lowest BCUT2D eigenvalue weighted by molar-refractivity contribution is 0.380.